The van der Waals surface area contributed by atoms with Crippen LogP contribution in [0.1, 0.15) is 59.7 Å². The Bertz CT molecular complexity index is 980. The molecule has 1 aliphatic carbocycles. The minimum Gasteiger partial charge on any atom is -0.353 e. The van der Waals surface area contributed by atoms with Crippen LogP contribution < -0.4 is 10.6 Å². The lowest BCUT2D eigenvalue weighted by Crippen LogP contribution is -2.38. The van der Waals surface area contributed by atoms with Crippen molar-refractivity contribution < 1.29 is 9.72 Å². The zero-order valence-electron chi connectivity index (χ0n) is 16.0. The van der Waals surface area contributed by atoms with E-state index in [0.717, 1.165) is 35.4 Å². The Morgan fingerprint density at radius 3 is 2.71 bits per heavy atom. The molecule has 0 saturated carbocycles. The Hall–Kier alpha value is -2.12. The van der Waals surface area contributed by atoms with Crippen LogP contribution in [0.3, 0.4) is 0 Å². The third kappa shape index (κ3) is 3.26. The first-order valence-corrected chi connectivity index (χ1v) is 10.5. The number of nitrogens with one attached hydrogen (secondary N) is 2. The van der Waals surface area contributed by atoms with Gasteiger partial charge in [0.1, 0.15) is 16.2 Å². The minimum absolute atomic E-state index is 0.0800. The highest BCUT2D eigenvalue weighted by Crippen LogP contribution is 2.46. The van der Waals surface area contributed by atoms with Gasteiger partial charge in [0.25, 0.3) is 11.6 Å². The second-order valence-electron chi connectivity index (χ2n) is 8.53. The van der Waals surface area contributed by atoms with Gasteiger partial charge < -0.3 is 10.6 Å². The van der Waals surface area contributed by atoms with Crippen LogP contribution in [-0.4, -0.2) is 10.8 Å². The number of hydrogen-bond acceptors (Lipinski definition) is 5. The molecule has 2 atom stereocenters. The Morgan fingerprint density at radius 1 is 1.29 bits per heavy atom. The summed E-state index contributed by atoms with van der Waals surface area (Å²) >= 11 is 7.55. The van der Waals surface area contributed by atoms with Gasteiger partial charge in [0.2, 0.25) is 0 Å². The maximum atomic E-state index is 12.9. The van der Waals surface area contributed by atoms with Crippen LogP contribution in [0.4, 0.5) is 10.7 Å². The van der Waals surface area contributed by atoms with Crippen molar-refractivity contribution >= 4 is 39.5 Å². The van der Waals surface area contributed by atoms with E-state index in [-0.39, 0.29) is 22.0 Å². The summed E-state index contributed by atoms with van der Waals surface area (Å²) in [5.74, 6) is 0.473. The summed E-state index contributed by atoms with van der Waals surface area (Å²) < 4.78 is 0. The number of amides is 1. The van der Waals surface area contributed by atoms with Crippen molar-refractivity contribution in [3.63, 3.8) is 0 Å². The maximum absolute atomic E-state index is 12.9. The first-order valence-electron chi connectivity index (χ1n) is 9.31. The Morgan fingerprint density at radius 2 is 2.04 bits per heavy atom. The monoisotopic (exact) mass is 419 g/mol. The van der Waals surface area contributed by atoms with Gasteiger partial charge >= 0.3 is 0 Å². The van der Waals surface area contributed by atoms with Gasteiger partial charge in [-0.15, -0.1) is 11.3 Å². The van der Waals surface area contributed by atoms with E-state index in [1.165, 1.54) is 17.0 Å². The summed E-state index contributed by atoms with van der Waals surface area (Å²) in [7, 11) is 0. The molecule has 2 N–H and O–H groups in total. The quantitative estimate of drug-likeness (QED) is 0.510. The molecule has 1 aliphatic heterocycles. The van der Waals surface area contributed by atoms with Crippen LogP contribution >= 0.6 is 22.9 Å². The number of hydrogen-bond donors (Lipinski definition) is 2. The summed E-state index contributed by atoms with van der Waals surface area (Å²) in [5.41, 5.74) is 2.58. The Labute approximate surface area is 172 Å². The molecule has 2 aliphatic rings. The number of carbonyl (C=O) groups is 1. The van der Waals surface area contributed by atoms with Crippen LogP contribution in [0.2, 0.25) is 5.02 Å². The summed E-state index contributed by atoms with van der Waals surface area (Å²) in [4.78, 5) is 24.8. The molecule has 0 unspecified atom stereocenters. The number of thiophene rings is 1. The molecule has 1 aromatic heterocycles. The third-order valence-electron chi connectivity index (χ3n) is 5.77. The molecule has 0 bridgehead atoms. The Kier molecular flexibility index (Phi) is 4.62. The van der Waals surface area contributed by atoms with E-state index in [0.29, 0.717) is 11.5 Å². The van der Waals surface area contributed by atoms with E-state index in [9.17, 15) is 14.9 Å². The number of halogens is 1. The fraction of sp³-hybridized carbons (Fsp3) is 0.450. The largest absolute Gasteiger partial charge is 0.353 e. The molecule has 0 saturated heterocycles. The molecule has 1 aromatic carbocycles. The molecule has 148 valence electrons. The molecular weight excluding hydrogens is 398 g/mol. The number of nitro groups is 1. The smallest absolute Gasteiger partial charge is 0.288 e. The van der Waals surface area contributed by atoms with E-state index >= 15 is 0 Å². The van der Waals surface area contributed by atoms with Crippen molar-refractivity contribution in [3.05, 3.63) is 54.9 Å². The first kappa shape index (κ1) is 19.2. The van der Waals surface area contributed by atoms with Gasteiger partial charge in [0.15, 0.2) is 0 Å². The SMILES string of the molecule is CC(C)(C)[C@H]1CCc2c(sc3c2C(=O)N[C@@H](c2ccc(Cl)c([N+](=O)[O-])c2)N3)C1. The van der Waals surface area contributed by atoms with Gasteiger partial charge in [-0.25, -0.2) is 0 Å². The summed E-state index contributed by atoms with van der Waals surface area (Å²) in [5, 5.41) is 18.4. The fourth-order valence-corrected chi connectivity index (χ4v) is 5.59. The number of fused-ring (bicyclic) bond motifs is 3. The lowest BCUT2D eigenvalue weighted by atomic mass is 9.72. The van der Waals surface area contributed by atoms with Crippen molar-refractivity contribution in [1.29, 1.82) is 0 Å². The number of rotatable bonds is 2. The number of carbonyl (C=O) groups excluding carboxylic acids is 1. The standard InChI is InChI=1S/C20H22ClN3O3S/c1-20(2,3)11-5-6-12-15(9-11)28-19-16(12)18(25)22-17(23-19)10-4-7-13(21)14(8-10)24(26)27/h4,7-8,11,17,23H,5-6,9H2,1-3H3,(H,22,25)/t11-,17+/m0/s1. The van der Waals surface area contributed by atoms with Gasteiger partial charge in [-0.05, 0) is 42.2 Å². The minimum atomic E-state index is -0.519. The van der Waals surface area contributed by atoms with Gasteiger partial charge in [-0.1, -0.05) is 38.4 Å². The molecule has 0 fully saturated rings. The second kappa shape index (κ2) is 6.74. The second-order valence-corrected chi connectivity index (χ2v) is 10.0. The van der Waals surface area contributed by atoms with Crippen LogP contribution in [0.25, 0.3) is 0 Å². The van der Waals surface area contributed by atoms with Crippen molar-refractivity contribution in [1.82, 2.24) is 5.32 Å². The molecule has 1 amide bonds. The number of nitro benzene ring substituents is 1. The lowest BCUT2D eigenvalue weighted by molar-refractivity contribution is -0.384. The molecule has 0 radical (unpaired) electrons. The third-order valence-corrected chi connectivity index (χ3v) is 7.27. The molecule has 4 rings (SSSR count). The number of benzene rings is 1. The predicted molar refractivity (Wildman–Crippen MR) is 111 cm³/mol. The van der Waals surface area contributed by atoms with Crippen LogP contribution in [0.15, 0.2) is 18.2 Å². The molecule has 0 spiro atoms. The van der Waals surface area contributed by atoms with Crippen molar-refractivity contribution in [2.75, 3.05) is 5.32 Å². The van der Waals surface area contributed by atoms with Gasteiger partial charge in [0, 0.05) is 16.5 Å². The zero-order valence-corrected chi connectivity index (χ0v) is 17.5. The van der Waals surface area contributed by atoms with Crippen molar-refractivity contribution in [2.24, 2.45) is 11.3 Å². The molecule has 28 heavy (non-hydrogen) atoms. The normalized spacial score (nSPS) is 21.4. The number of anilines is 1. The highest BCUT2D eigenvalue weighted by Gasteiger charge is 2.36. The summed E-state index contributed by atoms with van der Waals surface area (Å²) in [6.07, 6.45) is 2.46. The zero-order chi connectivity index (χ0) is 20.2. The molecule has 2 aromatic rings. The van der Waals surface area contributed by atoms with Gasteiger partial charge in [-0.2, -0.15) is 0 Å². The molecule has 8 heteroatoms. The average Bonchev–Trinajstić information content (AvgIpc) is 2.99. The number of nitrogens with zero attached hydrogens (tertiary/aromatic N) is 1. The lowest BCUT2D eigenvalue weighted by Gasteiger charge is -2.34. The van der Waals surface area contributed by atoms with E-state index in [1.54, 1.807) is 17.4 Å². The average molecular weight is 420 g/mol. The van der Waals surface area contributed by atoms with Gasteiger partial charge in [0.05, 0.1) is 10.5 Å². The van der Waals surface area contributed by atoms with Crippen molar-refractivity contribution in [3.8, 4) is 0 Å². The van der Waals surface area contributed by atoms with Gasteiger partial charge in [-0.3, -0.25) is 14.9 Å². The summed E-state index contributed by atoms with van der Waals surface area (Å²) in [6.45, 7) is 6.81. The molecule has 6 nitrogen and oxygen atoms in total. The topological polar surface area (TPSA) is 84.3 Å². The highest BCUT2D eigenvalue weighted by molar-refractivity contribution is 7.16. The van der Waals surface area contributed by atoms with Crippen LogP contribution in [0, 0.1) is 21.4 Å². The van der Waals surface area contributed by atoms with E-state index < -0.39 is 11.1 Å². The summed E-state index contributed by atoms with van der Waals surface area (Å²) in [6, 6.07) is 4.60. The van der Waals surface area contributed by atoms with Crippen LogP contribution in [-0.2, 0) is 12.8 Å². The van der Waals surface area contributed by atoms with Crippen LogP contribution in [0.5, 0.6) is 0 Å². The van der Waals surface area contributed by atoms with E-state index in [2.05, 4.69) is 31.4 Å². The highest BCUT2D eigenvalue weighted by atomic mass is 35.5. The van der Waals surface area contributed by atoms with Crippen molar-refractivity contribution in [2.45, 2.75) is 46.2 Å². The maximum Gasteiger partial charge on any atom is 0.288 e. The predicted octanol–water partition coefficient (Wildman–Crippen LogP) is 5.31. The molecule has 2 heterocycles. The fourth-order valence-electron chi connectivity index (χ4n) is 4.05. The molecular formula is C20H22ClN3O3S. The van der Waals surface area contributed by atoms with E-state index in [1.807, 2.05) is 0 Å². The Balaban J connectivity index is 1.65. The van der Waals surface area contributed by atoms with E-state index in [4.69, 9.17) is 11.6 Å². The first-order chi connectivity index (χ1) is 13.1.